The predicted octanol–water partition coefficient (Wildman–Crippen LogP) is -1.32. The van der Waals surface area contributed by atoms with Gasteiger partial charge in [0.25, 0.3) is 0 Å². The molecule has 0 aliphatic carbocycles. The maximum Gasteiger partial charge on any atom is 0.325 e. The molecule has 3 atom stereocenters. The smallest absolute Gasteiger partial charge is 0.325 e. The Morgan fingerprint density at radius 2 is 2.00 bits per heavy atom. The standard InChI is InChI=1S/C15H26N4O5S/c1-9(15(23)24)18-12(20)8-17-13(21)11(5-7-25-2)19-14(22)10-4-3-6-16-10/h9-11,16H,3-8H2,1-2H3,(H,17,21)(H,18,20)(H,19,22)(H,23,24). The predicted molar refractivity (Wildman–Crippen MR) is 94.2 cm³/mol. The Morgan fingerprint density at radius 1 is 1.28 bits per heavy atom. The lowest BCUT2D eigenvalue weighted by Gasteiger charge is -2.20. The van der Waals surface area contributed by atoms with E-state index >= 15 is 0 Å². The largest absolute Gasteiger partial charge is 0.480 e. The number of hydrogen-bond acceptors (Lipinski definition) is 6. The second-order valence-electron chi connectivity index (χ2n) is 5.84. The van der Waals surface area contributed by atoms with E-state index in [0.29, 0.717) is 12.2 Å². The van der Waals surface area contributed by atoms with Crippen molar-refractivity contribution in [2.75, 3.05) is 25.1 Å². The van der Waals surface area contributed by atoms with Gasteiger partial charge in [0.1, 0.15) is 12.1 Å². The third kappa shape index (κ3) is 7.74. The number of carboxylic acids is 1. The minimum absolute atomic E-state index is 0.220. The number of hydrogen-bond donors (Lipinski definition) is 5. The van der Waals surface area contributed by atoms with Crippen molar-refractivity contribution < 1.29 is 24.3 Å². The minimum Gasteiger partial charge on any atom is -0.480 e. The molecule has 1 rings (SSSR count). The van der Waals surface area contributed by atoms with E-state index in [1.54, 1.807) is 11.8 Å². The molecule has 3 amide bonds. The van der Waals surface area contributed by atoms with Crippen LogP contribution in [0.5, 0.6) is 0 Å². The highest BCUT2D eigenvalue weighted by Crippen LogP contribution is 2.07. The Labute approximate surface area is 151 Å². The molecular weight excluding hydrogens is 348 g/mol. The van der Waals surface area contributed by atoms with Crippen LogP contribution in [0.3, 0.4) is 0 Å². The number of carboxylic acid groups (broad SMARTS) is 1. The number of thioether (sulfide) groups is 1. The van der Waals surface area contributed by atoms with Crippen molar-refractivity contribution in [1.29, 1.82) is 0 Å². The summed E-state index contributed by atoms with van der Waals surface area (Å²) in [5, 5.41) is 19.2. The second kappa shape index (κ2) is 10.9. The van der Waals surface area contributed by atoms with Gasteiger partial charge in [-0.2, -0.15) is 11.8 Å². The molecule has 1 fully saturated rings. The van der Waals surface area contributed by atoms with E-state index in [9.17, 15) is 19.2 Å². The Morgan fingerprint density at radius 3 is 2.56 bits per heavy atom. The lowest BCUT2D eigenvalue weighted by Crippen LogP contribution is -2.53. The molecule has 0 radical (unpaired) electrons. The van der Waals surface area contributed by atoms with Crippen LogP contribution in [0.15, 0.2) is 0 Å². The third-order valence-electron chi connectivity index (χ3n) is 3.79. The van der Waals surface area contributed by atoms with Crippen molar-refractivity contribution in [3.05, 3.63) is 0 Å². The minimum atomic E-state index is -1.16. The third-order valence-corrected chi connectivity index (χ3v) is 4.44. The van der Waals surface area contributed by atoms with Crippen LogP contribution in [0.4, 0.5) is 0 Å². The number of rotatable bonds is 10. The molecule has 0 bridgehead atoms. The van der Waals surface area contributed by atoms with Gasteiger partial charge >= 0.3 is 5.97 Å². The molecule has 142 valence electrons. The second-order valence-corrected chi connectivity index (χ2v) is 6.82. The molecule has 10 heteroatoms. The summed E-state index contributed by atoms with van der Waals surface area (Å²) in [6.45, 7) is 1.77. The fourth-order valence-electron chi connectivity index (χ4n) is 2.33. The highest BCUT2D eigenvalue weighted by molar-refractivity contribution is 7.98. The number of amides is 3. The van der Waals surface area contributed by atoms with Crippen LogP contribution in [0, 0.1) is 0 Å². The lowest BCUT2D eigenvalue weighted by atomic mass is 10.1. The SMILES string of the molecule is CSCCC(NC(=O)C1CCCN1)C(=O)NCC(=O)NC(C)C(=O)O. The summed E-state index contributed by atoms with van der Waals surface area (Å²) in [6.07, 6.45) is 3.99. The Bertz CT molecular complexity index is 496. The molecule has 25 heavy (non-hydrogen) atoms. The van der Waals surface area contributed by atoms with Crippen molar-refractivity contribution in [1.82, 2.24) is 21.3 Å². The van der Waals surface area contributed by atoms with Crippen LogP contribution in [0.2, 0.25) is 0 Å². The molecule has 1 saturated heterocycles. The fourth-order valence-corrected chi connectivity index (χ4v) is 2.80. The van der Waals surface area contributed by atoms with Crippen LogP contribution in [-0.4, -0.2) is 72.0 Å². The first-order valence-electron chi connectivity index (χ1n) is 8.17. The normalized spacial score (nSPS) is 18.9. The van der Waals surface area contributed by atoms with Gasteiger partial charge in [-0.3, -0.25) is 19.2 Å². The summed E-state index contributed by atoms with van der Waals surface area (Å²) in [4.78, 5) is 46.8. The number of nitrogens with one attached hydrogen (secondary N) is 4. The van der Waals surface area contributed by atoms with Gasteiger partial charge in [-0.25, -0.2) is 0 Å². The maximum atomic E-state index is 12.3. The molecule has 0 aromatic carbocycles. The fraction of sp³-hybridized carbons (Fsp3) is 0.733. The van der Waals surface area contributed by atoms with Gasteiger partial charge in [0, 0.05) is 0 Å². The molecule has 1 heterocycles. The molecule has 0 spiro atoms. The molecule has 9 nitrogen and oxygen atoms in total. The number of aliphatic carboxylic acids is 1. The van der Waals surface area contributed by atoms with Gasteiger partial charge in [0.15, 0.2) is 0 Å². The summed E-state index contributed by atoms with van der Waals surface area (Å²) in [7, 11) is 0. The Balaban J connectivity index is 2.50. The van der Waals surface area contributed by atoms with E-state index in [1.165, 1.54) is 6.92 Å². The van der Waals surface area contributed by atoms with Crippen molar-refractivity contribution in [3.63, 3.8) is 0 Å². The van der Waals surface area contributed by atoms with Crippen LogP contribution in [-0.2, 0) is 19.2 Å². The van der Waals surface area contributed by atoms with Crippen LogP contribution < -0.4 is 21.3 Å². The van der Waals surface area contributed by atoms with Gasteiger partial charge in [0.2, 0.25) is 17.7 Å². The van der Waals surface area contributed by atoms with Crippen molar-refractivity contribution in [3.8, 4) is 0 Å². The van der Waals surface area contributed by atoms with Crippen LogP contribution >= 0.6 is 11.8 Å². The topological polar surface area (TPSA) is 137 Å². The first-order valence-corrected chi connectivity index (χ1v) is 9.57. The molecule has 1 aliphatic rings. The lowest BCUT2D eigenvalue weighted by molar-refractivity contribution is -0.141. The highest BCUT2D eigenvalue weighted by Gasteiger charge is 2.27. The zero-order valence-corrected chi connectivity index (χ0v) is 15.3. The monoisotopic (exact) mass is 374 g/mol. The number of carbonyl (C=O) groups is 4. The molecular formula is C15H26N4O5S. The summed E-state index contributed by atoms with van der Waals surface area (Å²) in [6, 6.07) is -2.05. The van der Waals surface area contributed by atoms with Gasteiger partial charge in [0.05, 0.1) is 12.6 Å². The summed E-state index contributed by atoms with van der Waals surface area (Å²) in [5.74, 6) is -1.76. The molecule has 0 aromatic rings. The van der Waals surface area contributed by atoms with E-state index in [4.69, 9.17) is 5.11 Å². The molecule has 1 aliphatic heterocycles. The summed E-state index contributed by atoms with van der Waals surface area (Å²) < 4.78 is 0. The van der Waals surface area contributed by atoms with Gasteiger partial charge < -0.3 is 26.4 Å². The highest BCUT2D eigenvalue weighted by atomic mass is 32.2. The zero-order valence-electron chi connectivity index (χ0n) is 14.5. The van der Waals surface area contributed by atoms with E-state index in [0.717, 1.165) is 19.4 Å². The van der Waals surface area contributed by atoms with E-state index in [1.807, 2.05) is 6.26 Å². The van der Waals surface area contributed by atoms with Crippen molar-refractivity contribution in [2.24, 2.45) is 0 Å². The molecule has 3 unspecified atom stereocenters. The first-order chi connectivity index (χ1) is 11.8. The zero-order chi connectivity index (χ0) is 18.8. The average molecular weight is 374 g/mol. The van der Waals surface area contributed by atoms with Gasteiger partial charge in [-0.05, 0) is 44.7 Å². The Kier molecular flexibility index (Phi) is 9.28. The molecule has 0 saturated carbocycles. The van der Waals surface area contributed by atoms with E-state index in [-0.39, 0.29) is 18.5 Å². The van der Waals surface area contributed by atoms with Crippen molar-refractivity contribution >= 4 is 35.5 Å². The van der Waals surface area contributed by atoms with E-state index in [2.05, 4.69) is 21.3 Å². The van der Waals surface area contributed by atoms with Crippen LogP contribution in [0.25, 0.3) is 0 Å². The van der Waals surface area contributed by atoms with Gasteiger partial charge in [-0.15, -0.1) is 0 Å². The average Bonchev–Trinajstić information content (AvgIpc) is 3.10. The van der Waals surface area contributed by atoms with Crippen LogP contribution in [0.1, 0.15) is 26.2 Å². The summed E-state index contributed by atoms with van der Waals surface area (Å²) in [5.41, 5.74) is 0. The summed E-state index contributed by atoms with van der Waals surface area (Å²) >= 11 is 1.55. The first kappa shape index (κ1) is 21.2. The molecule has 0 aromatic heterocycles. The Hall–Kier alpha value is -1.81. The van der Waals surface area contributed by atoms with E-state index < -0.39 is 29.9 Å². The number of carbonyl (C=O) groups excluding carboxylic acids is 3. The van der Waals surface area contributed by atoms with Gasteiger partial charge in [-0.1, -0.05) is 0 Å². The maximum absolute atomic E-state index is 12.3. The van der Waals surface area contributed by atoms with Crippen molar-refractivity contribution in [2.45, 2.75) is 44.3 Å². The quantitative estimate of drug-likeness (QED) is 0.320. The molecule has 5 N–H and O–H groups in total.